The van der Waals surface area contributed by atoms with Crippen molar-refractivity contribution >= 4 is 5.96 Å². The number of rotatable bonds is 4. The highest BCUT2D eigenvalue weighted by atomic mass is 16.5. The van der Waals surface area contributed by atoms with Gasteiger partial charge in [-0.3, -0.25) is 9.89 Å². The third kappa shape index (κ3) is 6.09. The zero-order valence-electron chi connectivity index (χ0n) is 14.0. The maximum absolute atomic E-state index is 5.49. The molecule has 1 aliphatic rings. The van der Waals surface area contributed by atoms with Gasteiger partial charge in [-0.1, -0.05) is 0 Å². The van der Waals surface area contributed by atoms with Crippen LogP contribution >= 0.6 is 0 Å². The van der Waals surface area contributed by atoms with E-state index in [1.165, 1.54) is 0 Å². The fourth-order valence-corrected chi connectivity index (χ4v) is 2.39. The van der Waals surface area contributed by atoms with Crippen molar-refractivity contribution in [1.82, 2.24) is 15.5 Å². The van der Waals surface area contributed by atoms with Crippen molar-refractivity contribution in [2.24, 2.45) is 4.99 Å². The van der Waals surface area contributed by atoms with Crippen molar-refractivity contribution in [3.8, 4) is 0 Å². The van der Waals surface area contributed by atoms with Crippen molar-refractivity contribution in [3.05, 3.63) is 0 Å². The van der Waals surface area contributed by atoms with Crippen molar-refractivity contribution in [2.45, 2.75) is 59.2 Å². The Balaban J connectivity index is 2.56. The maximum Gasteiger partial charge on any atom is 0.191 e. The van der Waals surface area contributed by atoms with Gasteiger partial charge in [-0.15, -0.1) is 0 Å². The minimum Gasteiger partial charge on any atom is -0.379 e. The highest BCUT2D eigenvalue weighted by Crippen LogP contribution is 2.11. The number of nitrogens with one attached hydrogen (secondary N) is 2. The van der Waals surface area contributed by atoms with Gasteiger partial charge < -0.3 is 15.4 Å². The Hall–Kier alpha value is -0.810. The van der Waals surface area contributed by atoms with Gasteiger partial charge in [0.1, 0.15) is 0 Å². The molecule has 20 heavy (non-hydrogen) atoms. The molecule has 2 N–H and O–H groups in total. The van der Waals surface area contributed by atoms with Crippen LogP contribution in [0.25, 0.3) is 0 Å². The third-order valence-electron chi connectivity index (χ3n) is 3.34. The van der Waals surface area contributed by atoms with Gasteiger partial charge in [0.15, 0.2) is 5.96 Å². The number of morpholine rings is 1. The minimum atomic E-state index is 0.0243. The lowest BCUT2D eigenvalue weighted by molar-refractivity contribution is -0.0166. The second-order valence-electron chi connectivity index (χ2n) is 6.61. The zero-order valence-corrected chi connectivity index (χ0v) is 14.0. The normalized spacial score (nSPS) is 23.5. The minimum absolute atomic E-state index is 0.0243. The number of ether oxygens (including phenoxy) is 1. The fourth-order valence-electron chi connectivity index (χ4n) is 2.39. The zero-order chi connectivity index (χ0) is 15.2. The lowest BCUT2D eigenvalue weighted by Gasteiger charge is -2.37. The molecule has 0 aliphatic carbocycles. The monoisotopic (exact) mass is 284 g/mol. The first-order chi connectivity index (χ1) is 9.33. The summed E-state index contributed by atoms with van der Waals surface area (Å²) in [7, 11) is 0. The molecule has 0 saturated carbocycles. The second kappa shape index (κ2) is 7.84. The fraction of sp³-hybridized carbons (Fsp3) is 0.933. The summed E-state index contributed by atoms with van der Waals surface area (Å²) >= 11 is 0. The molecule has 2 atom stereocenters. The van der Waals surface area contributed by atoms with Crippen LogP contribution in [0.15, 0.2) is 4.99 Å². The van der Waals surface area contributed by atoms with Crippen molar-refractivity contribution in [2.75, 3.05) is 32.8 Å². The van der Waals surface area contributed by atoms with Crippen LogP contribution in [-0.4, -0.2) is 61.3 Å². The quantitative estimate of drug-likeness (QED) is 0.606. The highest BCUT2D eigenvalue weighted by Gasteiger charge is 2.23. The largest absolute Gasteiger partial charge is 0.379 e. The third-order valence-corrected chi connectivity index (χ3v) is 3.34. The van der Waals surface area contributed by atoms with E-state index in [0.717, 1.165) is 38.8 Å². The highest BCUT2D eigenvalue weighted by molar-refractivity contribution is 5.80. The number of aliphatic imine (C=N–C) groups is 1. The maximum atomic E-state index is 5.49. The Bertz CT molecular complexity index is 311. The van der Waals surface area contributed by atoms with E-state index < -0.39 is 0 Å². The Morgan fingerprint density at radius 2 is 2.15 bits per heavy atom. The molecule has 0 amide bonds. The molecule has 2 unspecified atom stereocenters. The van der Waals surface area contributed by atoms with E-state index in [4.69, 9.17) is 9.73 Å². The van der Waals surface area contributed by atoms with E-state index in [2.05, 4.69) is 57.1 Å². The van der Waals surface area contributed by atoms with E-state index in [9.17, 15) is 0 Å². The molecule has 0 radical (unpaired) electrons. The molecule has 1 rings (SSSR count). The van der Waals surface area contributed by atoms with E-state index in [1.54, 1.807) is 0 Å². The molecule has 0 aromatic carbocycles. The van der Waals surface area contributed by atoms with Crippen LogP contribution < -0.4 is 10.6 Å². The number of nitrogens with zero attached hydrogens (tertiary/aromatic N) is 2. The van der Waals surface area contributed by atoms with Crippen LogP contribution in [0.5, 0.6) is 0 Å². The second-order valence-corrected chi connectivity index (χ2v) is 6.61. The summed E-state index contributed by atoms with van der Waals surface area (Å²) in [5.41, 5.74) is 0.0243. The Kier molecular flexibility index (Phi) is 6.76. The van der Waals surface area contributed by atoms with Crippen LogP contribution in [0.4, 0.5) is 0 Å². The summed E-state index contributed by atoms with van der Waals surface area (Å²) in [6.07, 6.45) is 0. The summed E-state index contributed by atoms with van der Waals surface area (Å²) in [5.74, 6) is 0.896. The molecular formula is C15H32N4O. The summed E-state index contributed by atoms with van der Waals surface area (Å²) in [6, 6.07) is 0.913. The number of guanidine groups is 1. The summed E-state index contributed by atoms with van der Waals surface area (Å²) in [4.78, 5) is 7.20. The van der Waals surface area contributed by atoms with Crippen molar-refractivity contribution in [1.29, 1.82) is 0 Å². The summed E-state index contributed by atoms with van der Waals surface area (Å²) in [6.45, 7) is 17.3. The Labute approximate surface area is 124 Å². The predicted octanol–water partition coefficient (Wildman–Crippen LogP) is 1.45. The molecule has 5 heteroatoms. The molecule has 0 bridgehead atoms. The van der Waals surface area contributed by atoms with Gasteiger partial charge in [-0.25, -0.2) is 0 Å². The lowest BCUT2D eigenvalue weighted by atomic mass is 10.1. The smallest absolute Gasteiger partial charge is 0.191 e. The first kappa shape index (κ1) is 17.2. The SMILES string of the molecule is CCNC(=NCC(C)N1CCOCC1C)NC(C)(C)C. The van der Waals surface area contributed by atoms with Gasteiger partial charge in [-0.05, 0) is 41.5 Å². The molecular weight excluding hydrogens is 252 g/mol. The average Bonchev–Trinajstić information content (AvgIpc) is 2.34. The first-order valence-electron chi connectivity index (χ1n) is 7.73. The van der Waals surface area contributed by atoms with Gasteiger partial charge in [0.2, 0.25) is 0 Å². The summed E-state index contributed by atoms with van der Waals surface area (Å²) in [5, 5.41) is 6.73. The van der Waals surface area contributed by atoms with Gasteiger partial charge in [-0.2, -0.15) is 0 Å². The number of hydrogen-bond acceptors (Lipinski definition) is 3. The van der Waals surface area contributed by atoms with Crippen LogP contribution in [0.1, 0.15) is 41.5 Å². The lowest BCUT2D eigenvalue weighted by Crippen LogP contribution is -2.50. The molecule has 118 valence electrons. The molecule has 0 aromatic rings. The van der Waals surface area contributed by atoms with Gasteiger partial charge in [0.25, 0.3) is 0 Å². The van der Waals surface area contributed by atoms with Crippen LogP contribution in [0, 0.1) is 0 Å². The van der Waals surface area contributed by atoms with E-state index in [0.29, 0.717) is 12.1 Å². The molecule has 0 aromatic heterocycles. The van der Waals surface area contributed by atoms with Gasteiger partial charge in [0, 0.05) is 30.7 Å². The Morgan fingerprint density at radius 1 is 1.45 bits per heavy atom. The first-order valence-corrected chi connectivity index (χ1v) is 7.73. The molecule has 0 spiro atoms. The summed E-state index contributed by atoms with van der Waals surface area (Å²) < 4.78 is 5.49. The molecule has 1 saturated heterocycles. The molecule has 1 fully saturated rings. The van der Waals surface area contributed by atoms with Crippen LogP contribution in [0.3, 0.4) is 0 Å². The van der Waals surface area contributed by atoms with Crippen LogP contribution in [0.2, 0.25) is 0 Å². The van der Waals surface area contributed by atoms with Gasteiger partial charge in [0.05, 0.1) is 19.8 Å². The number of hydrogen-bond donors (Lipinski definition) is 2. The van der Waals surface area contributed by atoms with E-state index in [-0.39, 0.29) is 5.54 Å². The molecule has 1 aliphatic heterocycles. The van der Waals surface area contributed by atoms with Crippen LogP contribution in [-0.2, 0) is 4.74 Å². The Morgan fingerprint density at radius 3 is 2.70 bits per heavy atom. The standard InChI is InChI=1S/C15H32N4O/c1-7-16-14(18-15(4,5)6)17-10-12(2)19-8-9-20-11-13(19)3/h12-13H,7-11H2,1-6H3,(H2,16,17,18). The van der Waals surface area contributed by atoms with E-state index in [1.807, 2.05) is 0 Å². The van der Waals surface area contributed by atoms with Crippen molar-refractivity contribution in [3.63, 3.8) is 0 Å². The average molecular weight is 284 g/mol. The molecule has 5 nitrogen and oxygen atoms in total. The topological polar surface area (TPSA) is 48.9 Å². The van der Waals surface area contributed by atoms with Gasteiger partial charge >= 0.3 is 0 Å². The molecule has 1 heterocycles. The van der Waals surface area contributed by atoms with Crippen molar-refractivity contribution < 1.29 is 4.74 Å². The predicted molar refractivity (Wildman–Crippen MR) is 85.3 cm³/mol. The van der Waals surface area contributed by atoms with E-state index >= 15 is 0 Å².